The first-order chi connectivity index (χ1) is 9.24. The van der Waals surface area contributed by atoms with Crippen LogP contribution in [0.5, 0.6) is 0 Å². The monoisotopic (exact) mass is 284 g/mol. The van der Waals surface area contributed by atoms with E-state index in [1.165, 1.54) is 0 Å². The van der Waals surface area contributed by atoms with Crippen LogP contribution in [-0.2, 0) is 14.3 Å². The number of aldehydes is 1. The van der Waals surface area contributed by atoms with Crippen LogP contribution >= 0.6 is 0 Å². The highest BCUT2D eigenvalue weighted by Gasteiger charge is 2.32. The second-order valence-corrected chi connectivity index (χ2v) is 6.10. The Hall–Kier alpha value is -1.59. The fourth-order valence-corrected chi connectivity index (χ4v) is 2.28. The summed E-state index contributed by atoms with van der Waals surface area (Å²) in [6.45, 7) is 7.55. The molecule has 0 spiro atoms. The van der Waals surface area contributed by atoms with E-state index in [9.17, 15) is 14.4 Å². The predicted octanol–water partition coefficient (Wildman–Crippen LogP) is 1.48. The Labute approximate surface area is 119 Å². The standard InChI is InChI=1S/C14H24N2O4/c1-10(15-13(19)20-14(2,3)4)12(18)16-8-5-6-11(16)7-9-17/h9-11H,5-8H2,1-4H3,(H,15,19). The average Bonchev–Trinajstić information content (AvgIpc) is 2.73. The van der Waals surface area contributed by atoms with Gasteiger partial charge in [-0.2, -0.15) is 0 Å². The maximum Gasteiger partial charge on any atom is 0.408 e. The molecule has 1 fully saturated rings. The molecular formula is C14H24N2O4. The largest absolute Gasteiger partial charge is 0.444 e. The molecule has 1 aliphatic rings. The van der Waals surface area contributed by atoms with Gasteiger partial charge in [0.15, 0.2) is 0 Å². The summed E-state index contributed by atoms with van der Waals surface area (Å²) in [4.78, 5) is 36.2. The van der Waals surface area contributed by atoms with Crippen molar-refractivity contribution in [1.29, 1.82) is 0 Å². The van der Waals surface area contributed by atoms with Crippen LogP contribution in [0.15, 0.2) is 0 Å². The van der Waals surface area contributed by atoms with Gasteiger partial charge < -0.3 is 19.7 Å². The van der Waals surface area contributed by atoms with Crippen molar-refractivity contribution in [1.82, 2.24) is 10.2 Å². The highest BCUT2D eigenvalue weighted by Crippen LogP contribution is 2.20. The van der Waals surface area contributed by atoms with Gasteiger partial charge in [-0.25, -0.2) is 4.79 Å². The molecular weight excluding hydrogens is 260 g/mol. The fourth-order valence-electron chi connectivity index (χ4n) is 2.28. The number of hydrogen-bond donors (Lipinski definition) is 1. The lowest BCUT2D eigenvalue weighted by atomic mass is 10.1. The zero-order valence-electron chi connectivity index (χ0n) is 12.6. The van der Waals surface area contributed by atoms with Crippen molar-refractivity contribution in [2.75, 3.05) is 6.54 Å². The smallest absolute Gasteiger partial charge is 0.408 e. The van der Waals surface area contributed by atoms with Gasteiger partial charge in [-0.3, -0.25) is 4.79 Å². The third-order valence-corrected chi connectivity index (χ3v) is 3.13. The number of hydrogen-bond acceptors (Lipinski definition) is 4. The highest BCUT2D eigenvalue weighted by atomic mass is 16.6. The number of amides is 2. The SMILES string of the molecule is CC(NC(=O)OC(C)(C)C)C(=O)N1CCCC1CC=O. The van der Waals surface area contributed by atoms with Crippen molar-refractivity contribution >= 4 is 18.3 Å². The Balaban J connectivity index is 2.54. The Bertz CT molecular complexity index is 376. The number of nitrogens with zero attached hydrogens (tertiary/aromatic N) is 1. The summed E-state index contributed by atoms with van der Waals surface area (Å²) in [6, 6.07) is -0.694. The summed E-state index contributed by atoms with van der Waals surface area (Å²) < 4.78 is 5.12. The topological polar surface area (TPSA) is 75.7 Å². The first-order valence-electron chi connectivity index (χ1n) is 6.98. The van der Waals surface area contributed by atoms with Crippen LogP contribution in [0.4, 0.5) is 4.79 Å². The molecule has 1 N–H and O–H groups in total. The molecule has 1 heterocycles. The molecule has 6 nitrogen and oxygen atoms in total. The molecule has 0 aromatic carbocycles. The quantitative estimate of drug-likeness (QED) is 0.793. The van der Waals surface area contributed by atoms with Gasteiger partial charge in [0, 0.05) is 19.0 Å². The first kappa shape index (κ1) is 16.5. The van der Waals surface area contributed by atoms with Crippen LogP contribution in [-0.4, -0.2) is 47.4 Å². The Morgan fingerprint density at radius 1 is 1.45 bits per heavy atom. The van der Waals surface area contributed by atoms with Crippen LogP contribution in [0, 0.1) is 0 Å². The lowest BCUT2D eigenvalue weighted by Gasteiger charge is -2.27. The van der Waals surface area contributed by atoms with Crippen molar-refractivity contribution in [2.45, 2.75) is 64.6 Å². The van der Waals surface area contributed by atoms with Crippen molar-refractivity contribution in [3.05, 3.63) is 0 Å². The minimum atomic E-state index is -0.655. The van der Waals surface area contributed by atoms with Crippen LogP contribution in [0.25, 0.3) is 0 Å². The first-order valence-corrected chi connectivity index (χ1v) is 6.98. The van der Waals surface area contributed by atoms with E-state index in [-0.39, 0.29) is 11.9 Å². The second kappa shape index (κ2) is 6.72. The zero-order chi connectivity index (χ0) is 15.3. The van der Waals surface area contributed by atoms with Gasteiger partial charge in [-0.05, 0) is 40.5 Å². The number of rotatable bonds is 4. The molecule has 0 aromatic rings. The fraction of sp³-hybridized carbons (Fsp3) is 0.786. The van der Waals surface area contributed by atoms with E-state index < -0.39 is 17.7 Å². The molecule has 2 atom stereocenters. The molecule has 2 unspecified atom stereocenters. The third kappa shape index (κ3) is 4.83. The van der Waals surface area contributed by atoms with E-state index in [1.807, 2.05) is 0 Å². The molecule has 0 saturated carbocycles. The predicted molar refractivity (Wildman–Crippen MR) is 74.2 cm³/mol. The number of carbonyl (C=O) groups excluding carboxylic acids is 3. The Kier molecular flexibility index (Phi) is 5.53. The molecule has 0 aliphatic carbocycles. The van der Waals surface area contributed by atoms with Gasteiger partial charge in [0.1, 0.15) is 17.9 Å². The molecule has 6 heteroatoms. The molecule has 2 amide bonds. The van der Waals surface area contributed by atoms with Gasteiger partial charge in [0.2, 0.25) is 5.91 Å². The van der Waals surface area contributed by atoms with Gasteiger partial charge in [0.25, 0.3) is 0 Å². The number of nitrogens with one attached hydrogen (secondary N) is 1. The van der Waals surface area contributed by atoms with Gasteiger partial charge in [0.05, 0.1) is 0 Å². The number of alkyl carbamates (subject to hydrolysis) is 1. The zero-order valence-corrected chi connectivity index (χ0v) is 12.6. The number of likely N-dealkylation sites (tertiary alicyclic amines) is 1. The van der Waals surface area contributed by atoms with E-state index in [4.69, 9.17) is 4.74 Å². The Morgan fingerprint density at radius 3 is 2.65 bits per heavy atom. The van der Waals surface area contributed by atoms with E-state index in [0.29, 0.717) is 13.0 Å². The normalized spacial score (nSPS) is 20.4. The molecule has 114 valence electrons. The maximum atomic E-state index is 12.3. The van der Waals surface area contributed by atoms with Crippen LogP contribution in [0.2, 0.25) is 0 Å². The van der Waals surface area contributed by atoms with Crippen molar-refractivity contribution in [2.24, 2.45) is 0 Å². The molecule has 1 aliphatic heterocycles. The summed E-state index contributed by atoms with van der Waals surface area (Å²) >= 11 is 0. The van der Waals surface area contributed by atoms with Crippen LogP contribution in [0.3, 0.4) is 0 Å². The summed E-state index contributed by atoms with van der Waals surface area (Å²) in [5, 5.41) is 2.54. The maximum absolute atomic E-state index is 12.3. The molecule has 0 aromatic heterocycles. The van der Waals surface area contributed by atoms with Crippen LogP contribution < -0.4 is 5.32 Å². The van der Waals surface area contributed by atoms with E-state index in [2.05, 4.69) is 5.32 Å². The summed E-state index contributed by atoms with van der Waals surface area (Å²) in [5.41, 5.74) is -0.597. The molecule has 0 bridgehead atoms. The van der Waals surface area contributed by atoms with Gasteiger partial charge in [-0.1, -0.05) is 0 Å². The van der Waals surface area contributed by atoms with Crippen molar-refractivity contribution in [3.63, 3.8) is 0 Å². The minimum Gasteiger partial charge on any atom is -0.444 e. The third-order valence-electron chi connectivity index (χ3n) is 3.13. The lowest BCUT2D eigenvalue weighted by molar-refractivity contribution is -0.134. The van der Waals surface area contributed by atoms with Crippen molar-refractivity contribution in [3.8, 4) is 0 Å². The van der Waals surface area contributed by atoms with E-state index >= 15 is 0 Å². The highest BCUT2D eigenvalue weighted by molar-refractivity contribution is 5.86. The molecule has 0 radical (unpaired) electrons. The van der Waals surface area contributed by atoms with Gasteiger partial charge in [-0.15, -0.1) is 0 Å². The van der Waals surface area contributed by atoms with E-state index in [0.717, 1.165) is 19.1 Å². The van der Waals surface area contributed by atoms with Gasteiger partial charge >= 0.3 is 6.09 Å². The van der Waals surface area contributed by atoms with Crippen LogP contribution in [0.1, 0.15) is 47.0 Å². The number of carbonyl (C=O) groups is 3. The summed E-state index contributed by atoms with van der Waals surface area (Å²) in [7, 11) is 0. The summed E-state index contributed by atoms with van der Waals surface area (Å²) in [6.07, 6.45) is 2.31. The minimum absolute atomic E-state index is 0.0390. The average molecular weight is 284 g/mol. The Morgan fingerprint density at radius 2 is 2.10 bits per heavy atom. The molecule has 1 rings (SSSR count). The molecule has 1 saturated heterocycles. The summed E-state index contributed by atoms with van der Waals surface area (Å²) in [5.74, 6) is -0.166. The lowest BCUT2D eigenvalue weighted by Crippen LogP contribution is -2.49. The second-order valence-electron chi connectivity index (χ2n) is 6.10. The van der Waals surface area contributed by atoms with Crippen molar-refractivity contribution < 1.29 is 19.1 Å². The molecule has 20 heavy (non-hydrogen) atoms. The number of ether oxygens (including phenoxy) is 1. The van der Waals surface area contributed by atoms with E-state index in [1.54, 1.807) is 32.6 Å².